The zero-order valence-corrected chi connectivity index (χ0v) is 19.0. The van der Waals surface area contributed by atoms with Gasteiger partial charge in [0.05, 0.1) is 11.1 Å². The van der Waals surface area contributed by atoms with Crippen LogP contribution in [0.15, 0.2) is 60.8 Å². The molecule has 2 aromatic heterocycles. The van der Waals surface area contributed by atoms with Gasteiger partial charge in [0.2, 0.25) is 0 Å². The molecule has 2 heterocycles. The van der Waals surface area contributed by atoms with E-state index in [4.69, 9.17) is 16.3 Å². The first-order valence-electron chi connectivity index (χ1n) is 9.72. The molecule has 8 heteroatoms. The lowest BCUT2D eigenvalue weighted by Gasteiger charge is -2.13. The fourth-order valence-corrected chi connectivity index (χ4v) is 3.68. The molecule has 168 valence electrons. The highest BCUT2D eigenvalue weighted by atomic mass is 35.5. The zero-order chi connectivity index (χ0) is 22.2. The second-order valence-electron chi connectivity index (χ2n) is 7.41. The van der Waals surface area contributed by atoms with Gasteiger partial charge in [-0.2, -0.15) is 13.2 Å². The van der Waals surface area contributed by atoms with Gasteiger partial charge in [-0.15, -0.1) is 12.4 Å². The third kappa shape index (κ3) is 4.87. The van der Waals surface area contributed by atoms with Crippen LogP contribution in [0.2, 0.25) is 5.02 Å². The summed E-state index contributed by atoms with van der Waals surface area (Å²) in [6.07, 6.45) is -2.65. The molecule has 2 aromatic carbocycles. The summed E-state index contributed by atoms with van der Waals surface area (Å²) < 4.78 is 46.8. The zero-order valence-electron chi connectivity index (χ0n) is 17.4. The van der Waals surface area contributed by atoms with Gasteiger partial charge in [0.25, 0.3) is 0 Å². The number of pyridine rings is 1. The van der Waals surface area contributed by atoms with Crippen molar-refractivity contribution in [2.45, 2.75) is 33.2 Å². The van der Waals surface area contributed by atoms with Gasteiger partial charge in [-0.05, 0) is 54.8 Å². The lowest BCUT2D eigenvalue weighted by Crippen LogP contribution is -2.07. The standard InChI is InChI=1S/C24H20ClF3N2O.ClH/c1-15-16(2)30(13-17-3-7-19(8-4-17)24(26,27)28)23-21(11-12-29-22(15)23)31-14-18-5-9-20(25)10-6-18;/h3-12H,13-14H2,1-2H3;1H. The van der Waals surface area contributed by atoms with Crippen LogP contribution in [0.4, 0.5) is 13.2 Å². The molecule has 0 N–H and O–H groups in total. The number of hydrogen-bond donors (Lipinski definition) is 0. The topological polar surface area (TPSA) is 27.1 Å². The first-order valence-corrected chi connectivity index (χ1v) is 10.1. The van der Waals surface area contributed by atoms with Crippen LogP contribution in [0.25, 0.3) is 11.0 Å². The minimum absolute atomic E-state index is 0. The summed E-state index contributed by atoms with van der Waals surface area (Å²) in [7, 11) is 0. The van der Waals surface area contributed by atoms with Gasteiger partial charge in [0.15, 0.2) is 0 Å². The van der Waals surface area contributed by atoms with E-state index in [1.807, 2.05) is 42.7 Å². The van der Waals surface area contributed by atoms with Crippen LogP contribution < -0.4 is 4.74 Å². The quantitative estimate of drug-likeness (QED) is 0.298. The summed E-state index contributed by atoms with van der Waals surface area (Å²) in [5, 5.41) is 0.659. The van der Waals surface area contributed by atoms with Crippen LogP contribution in [-0.2, 0) is 19.3 Å². The summed E-state index contributed by atoms with van der Waals surface area (Å²) >= 11 is 5.94. The molecule has 0 unspecified atom stereocenters. The summed E-state index contributed by atoms with van der Waals surface area (Å²) in [4.78, 5) is 4.51. The van der Waals surface area contributed by atoms with E-state index in [9.17, 15) is 13.2 Å². The Morgan fingerprint density at radius 1 is 0.938 bits per heavy atom. The van der Waals surface area contributed by atoms with Crippen LogP contribution in [0.1, 0.15) is 27.9 Å². The highest BCUT2D eigenvalue weighted by Gasteiger charge is 2.30. The molecular weight excluding hydrogens is 460 g/mol. The Morgan fingerprint density at radius 2 is 1.56 bits per heavy atom. The number of aromatic nitrogens is 2. The SMILES string of the molecule is Cc1c(C)n(Cc2ccc(C(F)(F)F)cc2)c2c(OCc3ccc(Cl)cc3)ccnc12.Cl. The molecule has 0 aliphatic heterocycles. The van der Waals surface area contributed by atoms with Gasteiger partial charge in [0, 0.05) is 29.5 Å². The molecule has 0 saturated heterocycles. The number of ether oxygens (including phenoxy) is 1. The number of halogens is 5. The second kappa shape index (κ2) is 9.43. The molecule has 0 atom stereocenters. The molecule has 0 aliphatic rings. The molecule has 0 bridgehead atoms. The highest BCUT2D eigenvalue weighted by Crippen LogP contribution is 2.33. The van der Waals surface area contributed by atoms with Gasteiger partial charge < -0.3 is 9.30 Å². The van der Waals surface area contributed by atoms with Crippen molar-refractivity contribution in [1.29, 1.82) is 0 Å². The van der Waals surface area contributed by atoms with E-state index in [2.05, 4.69) is 4.98 Å². The number of hydrogen-bond acceptors (Lipinski definition) is 2. The number of alkyl halides is 3. The van der Waals surface area contributed by atoms with Crippen molar-refractivity contribution < 1.29 is 17.9 Å². The number of benzene rings is 2. The molecule has 4 rings (SSSR count). The molecular formula is C24H21Cl2F3N2O. The van der Waals surface area contributed by atoms with E-state index in [1.165, 1.54) is 12.1 Å². The van der Waals surface area contributed by atoms with Gasteiger partial charge in [-0.25, -0.2) is 0 Å². The molecule has 0 aliphatic carbocycles. The predicted molar refractivity (Wildman–Crippen MR) is 123 cm³/mol. The Labute approximate surface area is 195 Å². The number of aryl methyl sites for hydroxylation is 1. The van der Waals surface area contributed by atoms with E-state index in [-0.39, 0.29) is 12.4 Å². The first kappa shape index (κ1) is 24.0. The lowest BCUT2D eigenvalue weighted by molar-refractivity contribution is -0.137. The third-order valence-electron chi connectivity index (χ3n) is 5.39. The third-order valence-corrected chi connectivity index (χ3v) is 5.64. The van der Waals surface area contributed by atoms with Crippen molar-refractivity contribution >= 4 is 35.0 Å². The van der Waals surface area contributed by atoms with E-state index in [0.29, 0.717) is 23.9 Å². The molecule has 32 heavy (non-hydrogen) atoms. The Morgan fingerprint density at radius 3 is 2.19 bits per heavy atom. The number of nitrogens with zero attached hydrogens (tertiary/aromatic N) is 2. The predicted octanol–water partition coefficient (Wildman–Crippen LogP) is 7.37. The Kier molecular flexibility index (Phi) is 7.06. The summed E-state index contributed by atoms with van der Waals surface area (Å²) in [6.45, 7) is 4.73. The van der Waals surface area contributed by atoms with Gasteiger partial charge in [-0.1, -0.05) is 35.9 Å². The monoisotopic (exact) mass is 480 g/mol. The maximum Gasteiger partial charge on any atom is 0.416 e. The van der Waals surface area contributed by atoms with Crippen LogP contribution in [0.3, 0.4) is 0 Å². The molecule has 0 saturated carbocycles. The van der Waals surface area contributed by atoms with Crippen molar-refractivity contribution in [1.82, 2.24) is 9.55 Å². The average molecular weight is 481 g/mol. The number of fused-ring (bicyclic) bond motifs is 1. The normalized spacial score (nSPS) is 11.4. The van der Waals surface area contributed by atoms with Gasteiger partial charge in [-0.3, -0.25) is 4.98 Å². The Balaban J connectivity index is 0.00000289. The van der Waals surface area contributed by atoms with Crippen LogP contribution >= 0.6 is 24.0 Å². The Bertz CT molecular complexity index is 1220. The van der Waals surface area contributed by atoms with E-state index < -0.39 is 11.7 Å². The molecule has 0 radical (unpaired) electrons. The van der Waals surface area contributed by atoms with Crippen molar-refractivity contribution in [2.24, 2.45) is 0 Å². The molecule has 0 spiro atoms. The van der Waals surface area contributed by atoms with Crippen molar-refractivity contribution in [2.75, 3.05) is 0 Å². The molecule has 0 amide bonds. The minimum Gasteiger partial charge on any atom is -0.487 e. The van der Waals surface area contributed by atoms with E-state index in [0.717, 1.165) is 45.6 Å². The van der Waals surface area contributed by atoms with Crippen molar-refractivity contribution in [3.63, 3.8) is 0 Å². The smallest absolute Gasteiger partial charge is 0.416 e. The van der Waals surface area contributed by atoms with E-state index in [1.54, 1.807) is 12.3 Å². The average Bonchev–Trinajstić information content (AvgIpc) is 2.98. The Hall–Kier alpha value is -2.70. The maximum absolute atomic E-state index is 12.9. The second-order valence-corrected chi connectivity index (χ2v) is 7.85. The minimum atomic E-state index is -4.35. The fraction of sp³-hybridized carbons (Fsp3) is 0.208. The lowest BCUT2D eigenvalue weighted by atomic mass is 10.1. The van der Waals surface area contributed by atoms with E-state index >= 15 is 0 Å². The molecule has 0 fully saturated rings. The fourth-order valence-electron chi connectivity index (χ4n) is 3.55. The molecule has 4 aromatic rings. The van der Waals surface area contributed by atoms with Gasteiger partial charge >= 0.3 is 6.18 Å². The van der Waals surface area contributed by atoms with Crippen LogP contribution in [-0.4, -0.2) is 9.55 Å². The largest absolute Gasteiger partial charge is 0.487 e. The summed E-state index contributed by atoms with van der Waals surface area (Å²) in [6, 6.07) is 14.5. The summed E-state index contributed by atoms with van der Waals surface area (Å²) in [5.41, 5.74) is 4.73. The summed E-state index contributed by atoms with van der Waals surface area (Å²) in [5.74, 6) is 0.670. The van der Waals surface area contributed by atoms with Crippen LogP contribution in [0.5, 0.6) is 5.75 Å². The molecule has 3 nitrogen and oxygen atoms in total. The van der Waals surface area contributed by atoms with Crippen molar-refractivity contribution in [3.05, 3.63) is 93.8 Å². The maximum atomic E-state index is 12.9. The first-order chi connectivity index (χ1) is 14.7. The highest BCUT2D eigenvalue weighted by molar-refractivity contribution is 6.30. The van der Waals surface area contributed by atoms with Crippen molar-refractivity contribution in [3.8, 4) is 5.75 Å². The van der Waals surface area contributed by atoms with Gasteiger partial charge in [0.1, 0.15) is 17.9 Å². The van der Waals surface area contributed by atoms with Crippen LogP contribution in [0, 0.1) is 13.8 Å². The number of rotatable bonds is 5.